The molecule has 1 saturated carbocycles. The van der Waals surface area contributed by atoms with Crippen LogP contribution in [-0.2, 0) is 12.5 Å². The van der Waals surface area contributed by atoms with Gasteiger partial charge >= 0.3 is 0 Å². The number of rotatable bonds is 2. The van der Waals surface area contributed by atoms with Crippen molar-refractivity contribution < 1.29 is 9.30 Å². The summed E-state index contributed by atoms with van der Waals surface area (Å²) in [4.78, 5) is 0. The second kappa shape index (κ2) is 7.51. The zero-order valence-corrected chi connectivity index (χ0v) is 19.4. The molecule has 0 bridgehead atoms. The molecule has 160 valence electrons. The van der Waals surface area contributed by atoms with Gasteiger partial charge in [-0.2, -0.15) is 0 Å². The SMILES string of the molecule is Cc1ccc2c(c1-c1cc(-c3ccccc3)cc[n+]1C)OC(C)(C)CC21CCCCC1. The van der Waals surface area contributed by atoms with Gasteiger partial charge in [-0.05, 0) is 56.7 Å². The Morgan fingerprint density at radius 1 is 0.871 bits per heavy atom. The van der Waals surface area contributed by atoms with Crippen LogP contribution in [0.2, 0.25) is 0 Å². The topological polar surface area (TPSA) is 13.1 Å². The summed E-state index contributed by atoms with van der Waals surface area (Å²) >= 11 is 0. The van der Waals surface area contributed by atoms with Gasteiger partial charge in [0.05, 0.1) is 5.56 Å². The summed E-state index contributed by atoms with van der Waals surface area (Å²) in [6, 6.07) is 19.9. The average molecular weight is 413 g/mol. The second-order valence-electron chi connectivity index (χ2n) is 10.3. The van der Waals surface area contributed by atoms with Gasteiger partial charge in [-0.25, -0.2) is 4.57 Å². The van der Waals surface area contributed by atoms with Crippen LogP contribution in [0.25, 0.3) is 22.4 Å². The highest BCUT2D eigenvalue weighted by atomic mass is 16.5. The van der Waals surface area contributed by atoms with Crippen LogP contribution >= 0.6 is 0 Å². The molecule has 0 radical (unpaired) electrons. The molecule has 2 heterocycles. The zero-order chi connectivity index (χ0) is 21.6. The molecule has 0 unspecified atom stereocenters. The minimum Gasteiger partial charge on any atom is -0.487 e. The molecular weight excluding hydrogens is 378 g/mol. The van der Waals surface area contributed by atoms with Crippen LogP contribution < -0.4 is 9.30 Å². The molecular formula is C29H34NO+. The minimum absolute atomic E-state index is 0.150. The summed E-state index contributed by atoms with van der Waals surface area (Å²) in [7, 11) is 2.15. The normalized spacial score (nSPS) is 19.0. The Morgan fingerprint density at radius 2 is 1.61 bits per heavy atom. The molecule has 1 aliphatic carbocycles. The highest BCUT2D eigenvalue weighted by Gasteiger charge is 2.47. The van der Waals surface area contributed by atoms with Gasteiger partial charge in [0.25, 0.3) is 0 Å². The molecule has 1 spiro atoms. The van der Waals surface area contributed by atoms with Crippen LogP contribution in [-0.4, -0.2) is 5.60 Å². The highest BCUT2D eigenvalue weighted by molar-refractivity contribution is 5.76. The maximum absolute atomic E-state index is 6.80. The van der Waals surface area contributed by atoms with E-state index in [9.17, 15) is 0 Å². The van der Waals surface area contributed by atoms with E-state index in [1.165, 1.54) is 65.6 Å². The van der Waals surface area contributed by atoms with E-state index in [2.05, 4.69) is 93.2 Å². The number of hydrogen-bond donors (Lipinski definition) is 0. The van der Waals surface area contributed by atoms with E-state index < -0.39 is 0 Å². The van der Waals surface area contributed by atoms with Crippen LogP contribution in [0.5, 0.6) is 5.75 Å². The lowest BCUT2D eigenvalue weighted by Gasteiger charge is -2.48. The smallest absolute Gasteiger partial charge is 0.216 e. The van der Waals surface area contributed by atoms with Gasteiger partial charge < -0.3 is 4.74 Å². The van der Waals surface area contributed by atoms with Crippen LogP contribution in [0.4, 0.5) is 0 Å². The van der Waals surface area contributed by atoms with Crippen LogP contribution in [0.15, 0.2) is 60.8 Å². The van der Waals surface area contributed by atoms with Gasteiger partial charge in [-0.3, -0.25) is 0 Å². The Kier molecular flexibility index (Phi) is 4.92. The molecule has 31 heavy (non-hydrogen) atoms. The first-order valence-electron chi connectivity index (χ1n) is 11.8. The number of hydrogen-bond acceptors (Lipinski definition) is 1. The zero-order valence-electron chi connectivity index (χ0n) is 19.4. The predicted octanol–water partition coefficient (Wildman–Crippen LogP) is 6.92. The van der Waals surface area contributed by atoms with E-state index in [0.29, 0.717) is 0 Å². The van der Waals surface area contributed by atoms with E-state index >= 15 is 0 Å². The van der Waals surface area contributed by atoms with Gasteiger partial charge in [-0.1, -0.05) is 61.7 Å². The standard InChI is InChI=1S/C29H34NO/c1-21-13-14-24-27(31-28(2,3)20-29(24)16-9-6-10-17-29)26(21)25-19-23(15-18-30(25)4)22-11-7-5-8-12-22/h5,7-8,11-15,18-19H,6,9-10,16-17,20H2,1-4H3/q+1. The largest absolute Gasteiger partial charge is 0.487 e. The first-order chi connectivity index (χ1) is 14.9. The Hall–Kier alpha value is -2.61. The molecule has 0 atom stereocenters. The molecule has 0 saturated heterocycles. The summed E-state index contributed by atoms with van der Waals surface area (Å²) in [6.45, 7) is 6.78. The fourth-order valence-corrected chi connectivity index (χ4v) is 6.05. The fourth-order valence-electron chi connectivity index (χ4n) is 6.05. The van der Waals surface area contributed by atoms with Crippen molar-refractivity contribution in [2.24, 2.45) is 7.05 Å². The van der Waals surface area contributed by atoms with E-state index in [1.807, 2.05) is 0 Å². The predicted molar refractivity (Wildman–Crippen MR) is 127 cm³/mol. The lowest BCUT2D eigenvalue weighted by atomic mass is 9.62. The first kappa shape index (κ1) is 20.3. The quantitative estimate of drug-likeness (QED) is 0.417. The number of ether oxygens (including phenoxy) is 1. The Balaban J connectivity index is 1.73. The van der Waals surface area contributed by atoms with Crippen molar-refractivity contribution in [1.29, 1.82) is 0 Å². The maximum Gasteiger partial charge on any atom is 0.216 e. The summed E-state index contributed by atoms with van der Waals surface area (Å²) in [5.74, 6) is 1.12. The molecule has 2 heteroatoms. The Labute approximate surface area is 186 Å². The third-order valence-corrected chi connectivity index (χ3v) is 7.40. The Morgan fingerprint density at radius 3 is 2.35 bits per heavy atom. The van der Waals surface area contributed by atoms with Crippen LogP contribution in [0, 0.1) is 6.92 Å². The van der Waals surface area contributed by atoms with E-state index in [0.717, 1.165) is 12.2 Å². The first-order valence-corrected chi connectivity index (χ1v) is 11.8. The van der Waals surface area contributed by atoms with Gasteiger partial charge in [0, 0.05) is 23.1 Å². The third-order valence-electron chi connectivity index (χ3n) is 7.40. The minimum atomic E-state index is -0.150. The summed E-state index contributed by atoms with van der Waals surface area (Å²) < 4.78 is 9.04. The molecule has 3 aromatic rings. The van der Waals surface area contributed by atoms with Crippen molar-refractivity contribution in [3.8, 4) is 28.1 Å². The molecule has 0 amide bonds. The average Bonchev–Trinajstić information content (AvgIpc) is 2.75. The van der Waals surface area contributed by atoms with E-state index in [4.69, 9.17) is 4.74 Å². The second-order valence-corrected chi connectivity index (χ2v) is 10.3. The molecule has 2 nitrogen and oxygen atoms in total. The van der Waals surface area contributed by atoms with Gasteiger partial charge in [-0.15, -0.1) is 0 Å². The lowest BCUT2D eigenvalue weighted by Crippen LogP contribution is -2.45. The third kappa shape index (κ3) is 3.56. The number of fused-ring (bicyclic) bond motifs is 2. The number of benzene rings is 2. The van der Waals surface area contributed by atoms with E-state index in [1.54, 1.807) is 0 Å². The summed E-state index contributed by atoms with van der Waals surface area (Å²) in [6.07, 6.45) is 9.89. The van der Waals surface area contributed by atoms with Crippen molar-refractivity contribution in [2.45, 2.75) is 70.3 Å². The molecule has 0 N–H and O–H groups in total. The maximum atomic E-state index is 6.80. The van der Waals surface area contributed by atoms with E-state index in [-0.39, 0.29) is 11.0 Å². The van der Waals surface area contributed by atoms with Gasteiger partial charge in [0.2, 0.25) is 5.69 Å². The molecule has 1 aliphatic heterocycles. The van der Waals surface area contributed by atoms with Gasteiger partial charge in [0.1, 0.15) is 18.4 Å². The van der Waals surface area contributed by atoms with Crippen molar-refractivity contribution in [1.82, 2.24) is 0 Å². The number of nitrogens with zero attached hydrogens (tertiary/aromatic N) is 1. The monoisotopic (exact) mass is 412 g/mol. The van der Waals surface area contributed by atoms with Crippen LogP contribution in [0.1, 0.15) is 63.5 Å². The lowest BCUT2D eigenvalue weighted by molar-refractivity contribution is -0.660. The molecule has 1 fully saturated rings. The highest BCUT2D eigenvalue weighted by Crippen LogP contribution is 2.55. The summed E-state index contributed by atoms with van der Waals surface area (Å²) in [5.41, 5.74) is 7.80. The number of aryl methyl sites for hydroxylation is 2. The van der Waals surface area contributed by atoms with Crippen molar-refractivity contribution >= 4 is 0 Å². The molecule has 2 aliphatic rings. The Bertz CT molecular complexity index is 1110. The summed E-state index contributed by atoms with van der Waals surface area (Å²) in [5, 5.41) is 0. The van der Waals surface area contributed by atoms with Crippen molar-refractivity contribution in [3.05, 3.63) is 71.9 Å². The van der Waals surface area contributed by atoms with Crippen molar-refractivity contribution in [3.63, 3.8) is 0 Å². The number of aromatic nitrogens is 1. The van der Waals surface area contributed by atoms with Crippen LogP contribution in [0.3, 0.4) is 0 Å². The molecule has 1 aromatic heterocycles. The molecule has 5 rings (SSSR count). The van der Waals surface area contributed by atoms with Crippen molar-refractivity contribution in [2.75, 3.05) is 0 Å². The fraction of sp³-hybridized carbons (Fsp3) is 0.414. The van der Waals surface area contributed by atoms with Gasteiger partial charge in [0.15, 0.2) is 6.20 Å². The number of pyridine rings is 1. The molecule has 2 aromatic carbocycles.